The summed E-state index contributed by atoms with van der Waals surface area (Å²) in [6.07, 6.45) is 2.40. The van der Waals surface area contributed by atoms with E-state index in [0.29, 0.717) is 12.5 Å². The minimum Gasteiger partial charge on any atom is -0.497 e. The summed E-state index contributed by atoms with van der Waals surface area (Å²) in [5.74, 6) is 2.47. The van der Waals surface area contributed by atoms with Crippen molar-refractivity contribution in [3.63, 3.8) is 0 Å². The van der Waals surface area contributed by atoms with Gasteiger partial charge in [0.15, 0.2) is 5.96 Å². The van der Waals surface area contributed by atoms with Crippen LogP contribution in [-0.4, -0.2) is 63.9 Å². The molecule has 1 aromatic carbocycles. The Balaban J connectivity index is 0.00000392. The SMILES string of the molecule is CCNC(=NCC1CCN(Cc2ccc(OC)cc2)CC1)NC(C)COC.I. The maximum absolute atomic E-state index is 5.23. The lowest BCUT2D eigenvalue weighted by atomic mass is 9.96. The molecule has 6 nitrogen and oxygen atoms in total. The number of aliphatic imine (C=N–C) groups is 1. The molecule has 1 fully saturated rings. The molecule has 1 aromatic rings. The Kier molecular flexibility index (Phi) is 12.5. The van der Waals surface area contributed by atoms with Crippen LogP contribution in [0.25, 0.3) is 0 Å². The summed E-state index contributed by atoms with van der Waals surface area (Å²) in [7, 11) is 3.43. The molecular weight excluding hydrogens is 467 g/mol. The van der Waals surface area contributed by atoms with Crippen molar-refractivity contribution in [2.24, 2.45) is 10.9 Å². The third-order valence-corrected chi connectivity index (χ3v) is 4.92. The summed E-state index contributed by atoms with van der Waals surface area (Å²) >= 11 is 0. The largest absolute Gasteiger partial charge is 0.497 e. The van der Waals surface area contributed by atoms with Crippen molar-refractivity contribution >= 4 is 29.9 Å². The van der Waals surface area contributed by atoms with Gasteiger partial charge in [0.1, 0.15) is 5.75 Å². The maximum Gasteiger partial charge on any atom is 0.191 e. The molecule has 0 saturated carbocycles. The molecule has 0 spiro atoms. The van der Waals surface area contributed by atoms with E-state index in [9.17, 15) is 0 Å². The Labute approximate surface area is 187 Å². The molecule has 28 heavy (non-hydrogen) atoms. The molecular formula is C21H37IN4O2. The minimum absolute atomic E-state index is 0. The van der Waals surface area contributed by atoms with E-state index in [-0.39, 0.29) is 30.0 Å². The van der Waals surface area contributed by atoms with Gasteiger partial charge < -0.3 is 20.1 Å². The van der Waals surface area contributed by atoms with Crippen molar-refractivity contribution in [2.75, 3.05) is 47.0 Å². The monoisotopic (exact) mass is 504 g/mol. The number of halogens is 1. The lowest BCUT2D eigenvalue weighted by Gasteiger charge is -2.31. The van der Waals surface area contributed by atoms with Crippen LogP contribution in [0.4, 0.5) is 0 Å². The summed E-state index contributed by atoms with van der Waals surface area (Å²) in [6.45, 7) is 9.90. The lowest BCUT2D eigenvalue weighted by Crippen LogP contribution is -2.44. The second-order valence-corrected chi connectivity index (χ2v) is 7.29. The average molecular weight is 504 g/mol. The van der Waals surface area contributed by atoms with Gasteiger partial charge in [-0.2, -0.15) is 0 Å². The zero-order chi connectivity index (χ0) is 19.5. The van der Waals surface area contributed by atoms with E-state index in [0.717, 1.165) is 44.4 Å². The number of likely N-dealkylation sites (tertiary alicyclic amines) is 1. The van der Waals surface area contributed by atoms with Crippen molar-refractivity contribution in [3.8, 4) is 5.75 Å². The zero-order valence-corrected chi connectivity index (χ0v) is 20.1. The Morgan fingerprint density at radius 2 is 1.89 bits per heavy atom. The van der Waals surface area contributed by atoms with Gasteiger partial charge in [-0.3, -0.25) is 9.89 Å². The number of guanidine groups is 1. The topological polar surface area (TPSA) is 58.1 Å². The number of benzene rings is 1. The zero-order valence-electron chi connectivity index (χ0n) is 17.7. The Bertz CT molecular complexity index is 560. The first kappa shape index (κ1) is 25.0. The first-order valence-electron chi connectivity index (χ1n) is 10.0. The molecule has 0 amide bonds. The standard InChI is InChI=1S/C21H36N4O2.HI/c1-5-22-21(24-17(2)16-26-3)23-14-18-10-12-25(13-11-18)15-19-6-8-20(27-4)9-7-19;/h6-9,17-18H,5,10-16H2,1-4H3,(H2,22,23,24);1H. The molecule has 1 heterocycles. The maximum atomic E-state index is 5.23. The van der Waals surface area contributed by atoms with Crippen LogP contribution >= 0.6 is 24.0 Å². The van der Waals surface area contributed by atoms with Crippen LogP contribution in [-0.2, 0) is 11.3 Å². The predicted octanol–water partition coefficient (Wildman–Crippen LogP) is 3.12. The number of ether oxygens (including phenoxy) is 2. The van der Waals surface area contributed by atoms with Gasteiger partial charge in [-0.15, -0.1) is 24.0 Å². The first-order chi connectivity index (χ1) is 13.1. The molecule has 1 aliphatic heterocycles. The Morgan fingerprint density at radius 3 is 2.46 bits per heavy atom. The third-order valence-electron chi connectivity index (χ3n) is 4.92. The van der Waals surface area contributed by atoms with Gasteiger partial charge in [0, 0.05) is 32.8 Å². The number of methoxy groups -OCH3 is 2. The molecule has 1 aliphatic rings. The van der Waals surface area contributed by atoms with Crippen LogP contribution in [0, 0.1) is 5.92 Å². The van der Waals surface area contributed by atoms with E-state index >= 15 is 0 Å². The van der Waals surface area contributed by atoms with Crippen molar-refractivity contribution in [1.29, 1.82) is 0 Å². The molecule has 0 aromatic heterocycles. The molecule has 0 bridgehead atoms. The van der Waals surface area contributed by atoms with E-state index in [1.54, 1.807) is 14.2 Å². The second kappa shape index (κ2) is 14.0. The fourth-order valence-electron chi connectivity index (χ4n) is 3.38. The number of hydrogen-bond donors (Lipinski definition) is 2. The minimum atomic E-state index is 0. The van der Waals surface area contributed by atoms with Gasteiger partial charge in [0.05, 0.1) is 13.7 Å². The van der Waals surface area contributed by atoms with Crippen molar-refractivity contribution < 1.29 is 9.47 Å². The predicted molar refractivity (Wildman–Crippen MR) is 127 cm³/mol. The Hall–Kier alpha value is -1.06. The molecule has 160 valence electrons. The van der Waals surface area contributed by atoms with Crippen LogP contribution in [0.2, 0.25) is 0 Å². The van der Waals surface area contributed by atoms with Gasteiger partial charge in [-0.05, 0) is 63.4 Å². The molecule has 2 N–H and O–H groups in total. The number of piperidine rings is 1. The highest BCUT2D eigenvalue weighted by molar-refractivity contribution is 14.0. The highest BCUT2D eigenvalue weighted by Crippen LogP contribution is 2.20. The van der Waals surface area contributed by atoms with Crippen LogP contribution in [0.5, 0.6) is 5.75 Å². The highest BCUT2D eigenvalue weighted by Gasteiger charge is 2.19. The normalized spacial score (nSPS) is 16.9. The molecule has 0 radical (unpaired) electrons. The van der Waals surface area contributed by atoms with Crippen LogP contribution in [0.1, 0.15) is 32.3 Å². The van der Waals surface area contributed by atoms with E-state index < -0.39 is 0 Å². The number of rotatable bonds is 9. The number of nitrogens with zero attached hydrogens (tertiary/aromatic N) is 2. The van der Waals surface area contributed by atoms with Gasteiger partial charge in [-0.1, -0.05) is 12.1 Å². The molecule has 0 aliphatic carbocycles. The van der Waals surface area contributed by atoms with E-state index in [1.807, 2.05) is 12.1 Å². The summed E-state index contributed by atoms with van der Waals surface area (Å²) in [4.78, 5) is 7.33. The van der Waals surface area contributed by atoms with Crippen LogP contribution in [0.3, 0.4) is 0 Å². The Morgan fingerprint density at radius 1 is 1.21 bits per heavy atom. The van der Waals surface area contributed by atoms with E-state index in [2.05, 4.69) is 41.5 Å². The highest BCUT2D eigenvalue weighted by atomic mass is 127. The number of hydrogen-bond acceptors (Lipinski definition) is 4. The summed E-state index contributed by atoms with van der Waals surface area (Å²) < 4.78 is 10.4. The van der Waals surface area contributed by atoms with Gasteiger partial charge in [0.25, 0.3) is 0 Å². The van der Waals surface area contributed by atoms with E-state index in [4.69, 9.17) is 14.5 Å². The van der Waals surface area contributed by atoms with Crippen LogP contribution in [0.15, 0.2) is 29.3 Å². The summed E-state index contributed by atoms with van der Waals surface area (Å²) in [5, 5.41) is 6.73. The van der Waals surface area contributed by atoms with Crippen molar-refractivity contribution in [3.05, 3.63) is 29.8 Å². The van der Waals surface area contributed by atoms with Gasteiger partial charge in [0.2, 0.25) is 0 Å². The number of nitrogens with one attached hydrogen (secondary N) is 2. The van der Waals surface area contributed by atoms with Crippen molar-refractivity contribution in [2.45, 2.75) is 39.3 Å². The van der Waals surface area contributed by atoms with E-state index in [1.165, 1.54) is 18.4 Å². The van der Waals surface area contributed by atoms with Gasteiger partial charge in [-0.25, -0.2) is 0 Å². The van der Waals surface area contributed by atoms with Crippen LogP contribution < -0.4 is 15.4 Å². The fraction of sp³-hybridized carbons (Fsp3) is 0.667. The third kappa shape index (κ3) is 8.96. The molecule has 1 atom stereocenters. The summed E-state index contributed by atoms with van der Waals surface area (Å²) in [5.41, 5.74) is 1.35. The summed E-state index contributed by atoms with van der Waals surface area (Å²) in [6, 6.07) is 8.64. The molecule has 2 rings (SSSR count). The molecule has 1 saturated heterocycles. The van der Waals surface area contributed by atoms with Gasteiger partial charge >= 0.3 is 0 Å². The second-order valence-electron chi connectivity index (χ2n) is 7.29. The lowest BCUT2D eigenvalue weighted by molar-refractivity contribution is 0.177. The van der Waals surface area contributed by atoms with Crippen molar-refractivity contribution in [1.82, 2.24) is 15.5 Å². The smallest absolute Gasteiger partial charge is 0.191 e. The quantitative estimate of drug-likeness (QED) is 0.308. The average Bonchev–Trinajstić information content (AvgIpc) is 2.68. The first-order valence-corrected chi connectivity index (χ1v) is 10.0. The molecule has 1 unspecified atom stereocenters. The molecule has 7 heteroatoms. The fourth-order valence-corrected chi connectivity index (χ4v) is 3.38.